The molecule has 0 radical (unpaired) electrons. The van der Waals surface area contributed by atoms with Gasteiger partial charge in [-0.25, -0.2) is 8.42 Å². The standard InChI is InChI=1S/C18H22N2O3S/c1-15-8-7-9-16(12-15)13-20(24(3,22)23)14-18(21)19(2)17-10-5-4-6-11-17/h4-12H,13-14H2,1-3H3. The quantitative estimate of drug-likeness (QED) is 0.807. The molecule has 0 aliphatic carbocycles. The van der Waals surface area contributed by atoms with Gasteiger partial charge in [0.15, 0.2) is 0 Å². The third kappa shape index (κ3) is 4.91. The summed E-state index contributed by atoms with van der Waals surface area (Å²) in [4.78, 5) is 13.9. The Kier molecular flexibility index (Phi) is 5.75. The Labute approximate surface area is 143 Å². The third-order valence-corrected chi connectivity index (χ3v) is 4.94. The van der Waals surface area contributed by atoms with Crippen molar-refractivity contribution in [1.82, 2.24) is 4.31 Å². The lowest BCUT2D eigenvalue weighted by atomic mass is 10.1. The molecule has 0 N–H and O–H groups in total. The molecule has 0 spiro atoms. The largest absolute Gasteiger partial charge is 0.314 e. The van der Waals surface area contributed by atoms with Crippen molar-refractivity contribution in [2.75, 3.05) is 24.7 Å². The van der Waals surface area contributed by atoms with Crippen molar-refractivity contribution in [2.24, 2.45) is 0 Å². The van der Waals surface area contributed by atoms with Crippen molar-refractivity contribution < 1.29 is 13.2 Å². The van der Waals surface area contributed by atoms with Gasteiger partial charge >= 0.3 is 0 Å². The molecule has 0 aliphatic rings. The summed E-state index contributed by atoms with van der Waals surface area (Å²) < 4.78 is 25.3. The normalized spacial score (nSPS) is 11.5. The minimum atomic E-state index is -3.50. The number of anilines is 1. The first-order valence-corrected chi connectivity index (χ1v) is 9.44. The molecular formula is C18H22N2O3S. The Hall–Kier alpha value is -2.18. The highest BCUT2D eigenvalue weighted by Gasteiger charge is 2.23. The predicted octanol–water partition coefficient (Wildman–Crippen LogP) is 2.42. The molecule has 0 atom stereocenters. The van der Waals surface area contributed by atoms with E-state index in [2.05, 4.69) is 0 Å². The highest BCUT2D eigenvalue weighted by Crippen LogP contribution is 2.14. The fourth-order valence-electron chi connectivity index (χ4n) is 2.36. The van der Waals surface area contributed by atoms with Crippen molar-refractivity contribution in [3.05, 3.63) is 65.7 Å². The Balaban J connectivity index is 2.16. The first-order valence-electron chi connectivity index (χ1n) is 7.59. The maximum atomic E-state index is 12.5. The molecule has 0 unspecified atom stereocenters. The molecule has 24 heavy (non-hydrogen) atoms. The van der Waals surface area contributed by atoms with Gasteiger partial charge in [-0.05, 0) is 24.6 Å². The second-order valence-electron chi connectivity index (χ2n) is 5.81. The lowest BCUT2D eigenvalue weighted by Gasteiger charge is -2.23. The van der Waals surface area contributed by atoms with Gasteiger partial charge in [0, 0.05) is 19.3 Å². The van der Waals surface area contributed by atoms with Gasteiger partial charge in [0.25, 0.3) is 0 Å². The number of carbonyl (C=O) groups excluding carboxylic acids is 1. The first kappa shape index (κ1) is 18.2. The van der Waals surface area contributed by atoms with Gasteiger partial charge in [-0.3, -0.25) is 4.79 Å². The van der Waals surface area contributed by atoms with Crippen LogP contribution in [0.4, 0.5) is 5.69 Å². The van der Waals surface area contributed by atoms with Gasteiger partial charge in [-0.2, -0.15) is 4.31 Å². The number of nitrogens with zero attached hydrogens (tertiary/aromatic N) is 2. The summed E-state index contributed by atoms with van der Waals surface area (Å²) in [5, 5.41) is 0. The smallest absolute Gasteiger partial charge is 0.242 e. The fraction of sp³-hybridized carbons (Fsp3) is 0.278. The highest BCUT2D eigenvalue weighted by atomic mass is 32.2. The van der Waals surface area contributed by atoms with E-state index in [9.17, 15) is 13.2 Å². The summed E-state index contributed by atoms with van der Waals surface area (Å²) in [6.45, 7) is 1.93. The van der Waals surface area contributed by atoms with Gasteiger partial charge < -0.3 is 4.90 Å². The molecule has 0 saturated heterocycles. The number of para-hydroxylation sites is 1. The second-order valence-corrected chi connectivity index (χ2v) is 7.79. The second kappa shape index (κ2) is 7.59. The van der Waals surface area contributed by atoms with Crippen LogP contribution < -0.4 is 4.90 Å². The van der Waals surface area contributed by atoms with Crippen LogP contribution in [0.25, 0.3) is 0 Å². The van der Waals surface area contributed by atoms with E-state index in [4.69, 9.17) is 0 Å². The number of aryl methyl sites for hydroxylation is 1. The molecule has 2 aromatic carbocycles. The van der Waals surface area contributed by atoms with Crippen LogP contribution in [0.5, 0.6) is 0 Å². The van der Waals surface area contributed by atoms with Crippen molar-refractivity contribution in [1.29, 1.82) is 0 Å². The molecular weight excluding hydrogens is 324 g/mol. The summed E-state index contributed by atoms with van der Waals surface area (Å²) in [7, 11) is -1.86. The van der Waals surface area contributed by atoms with E-state index in [-0.39, 0.29) is 19.0 Å². The van der Waals surface area contributed by atoms with E-state index in [0.717, 1.165) is 23.1 Å². The summed E-state index contributed by atoms with van der Waals surface area (Å²) in [5.41, 5.74) is 2.63. The van der Waals surface area contributed by atoms with Crippen LogP contribution in [0.1, 0.15) is 11.1 Å². The summed E-state index contributed by atoms with van der Waals surface area (Å²) >= 11 is 0. The maximum absolute atomic E-state index is 12.5. The molecule has 0 aliphatic heterocycles. The number of likely N-dealkylation sites (N-methyl/N-ethyl adjacent to an activating group) is 1. The molecule has 0 fully saturated rings. The van der Waals surface area contributed by atoms with Crippen molar-refractivity contribution in [2.45, 2.75) is 13.5 Å². The van der Waals surface area contributed by atoms with Crippen LogP contribution in [-0.2, 0) is 21.4 Å². The molecule has 0 aromatic heterocycles. The number of rotatable bonds is 6. The maximum Gasteiger partial charge on any atom is 0.242 e. The van der Waals surface area contributed by atoms with Crippen LogP contribution in [0.15, 0.2) is 54.6 Å². The van der Waals surface area contributed by atoms with Gasteiger partial charge in [0.05, 0.1) is 12.8 Å². The van der Waals surface area contributed by atoms with Crippen LogP contribution in [0.3, 0.4) is 0 Å². The number of hydrogen-bond donors (Lipinski definition) is 0. The molecule has 1 amide bonds. The number of sulfonamides is 1. The Morgan fingerprint density at radius 1 is 1.04 bits per heavy atom. The summed E-state index contributed by atoms with van der Waals surface area (Å²) in [6, 6.07) is 16.8. The number of carbonyl (C=O) groups is 1. The highest BCUT2D eigenvalue weighted by molar-refractivity contribution is 7.88. The molecule has 2 rings (SSSR count). The zero-order valence-corrected chi connectivity index (χ0v) is 15.0. The summed E-state index contributed by atoms with van der Waals surface area (Å²) in [6.07, 6.45) is 1.12. The number of hydrogen-bond acceptors (Lipinski definition) is 3. The third-order valence-electron chi connectivity index (χ3n) is 3.74. The van der Waals surface area contributed by atoms with E-state index in [0.29, 0.717) is 0 Å². The predicted molar refractivity (Wildman–Crippen MR) is 96.3 cm³/mol. The van der Waals surface area contributed by atoms with Crippen molar-refractivity contribution >= 4 is 21.6 Å². The molecule has 128 valence electrons. The van der Waals surface area contributed by atoms with E-state index >= 15 is 0 Å². The lowest BCUT2D eigenvalue weighted by Crippen LogP contribution is -2.40. The monoisotopic (exact) mass is 346 g/mol. The van der Waals surface area contributed by atoms with Crippen molar-refractivity contribution in [3.8, 4) is 0 Å². The zero-order valence-electron chi connectivity index (χ0n) is 14.1. The molecule has 0 heterocycles. The Bertz CT molecular complexity index is 804. The van der Waals surface area contributed by atoms with Gasteiger partial charge in [-0.1, -0.05) is 48.0 Å². The lowest BCUT2D eigenvalue weighted by molar-refractivity contribution is -0.118. The van der Waals surface area contributed by atoms with Crippen molar-refractivity contribution in [3.63, 3.8) is 0 Å². The average Bonchev–Trinajstić information content (AvgIpc) is 2.53. The topological polar surface area (TPSA) is 57.7 Å². The average molecular weight is 346 g/mol. The number of amides is 1. The number of benzene rings is 2. The van der Waals surface area contributed by atoms with E-state index in [1.165, 1.54) is 9.21 Å². The van der Waals surface area contributed by atoms with E-state index in [1.54, 1.807) is 7.05 Å². The Morgan fingerprint density at radius 2 is 1.71 bits per heavy atom. The molecule has 0 bridgehead atoms. The first-order chi connectivity index (χ1) is 11.3. The molecule has 5 nitrogen and oxygen atoms in total. The van der Waals surface area contributed by atoms with Crippen LogP contribution >= 0.6 is 0 Å². The van der Waals surface area contributed by atoms with Crippen LogP contribution in [-0.4, -0.2) is 38.5 Å². The van der Waals surface area contributed by atoms with Crippen LogP contribution in [0, 0.1) is 6.92 Å². The minimum Gasteiger partial charge on any atom is -0.314 e. The van der Waals surface area contributed by atoms with Gasteiger partial charge in [0.2, 0.25) is 15.9 Å². The minimum absolute atomic E-state index is 0.175. The van der Waals surface area contributed by atoms with Gasteiger partial charge in [0.1, 0.15) is 0 Å². The van der Waals surface area contributed by atoms with Crippen LogP contribution in [0.2, 0.25) is 0 Å². The van der Waals surface area contributed by atoms with E-state index in [1.807, 2.05) is 61.5 Å². The summed E-state index contributed by atoms with van der Waals surface area (Å²) in [5.74, 6) is -0.278. The Morgan fingerprint density at radius 3 is 2.29 bits per heavy atom. The zero-order chi connectivity index (χ0) is 17.7. The molecule has 2 aromatic rings. The van der Waals surface area contributed by atoms with E-state index < -0.39 is 10.0 Å². The van der Waals surface area contributed by atoms with Gasteiger partial charge in [-0.15, -0.1) is 0 Å². The molecule has 6 heteroatoms. The fourth-order valence-corrected chi connectivity index (χ4v) is 3.09. The SMILES string of the molecule is Cc1cccc(CN(CC(=O)N(C)c2ccccc2)S(C)(=O)=O)c1. The molecule has 0 saturated carbocycles.